The summed E-state index contributed by atoms with van der Waals surface area (Å²) in [5.74, 6) is 5.33. The molecule has 0 fully saturated rings. The Balaban J connectivity index is 2.71. The maximum absolute atomic E-state index is 5.33. The van der Waals surface area contributed by atoms with Gasteiger partial charge in [-0.15, -0.1) is 0 Å². The van der Waals surface area contributed by atoms with E-state index in [4.69, 9.17) is 10.7 Å². The Bertz CT molecular complexity index is 471. The standard InChI is InChI=1S/C13H15NO/c1-13(2,15-14)12-9-5-7-10-6-3-4-8-11(10)12/h3-9H,14H2,1-2H3. The monoisotopic (exact) mass is 201 g/mol. The van der Waals surface area contributed by atoms with E-state index in [1.54, 1.807) is 0 Å². The zero-order valence-corrected chi connectivity index (χ0v) is 9.03. The third-order valence-electron chi connectivity index (χ3n) is 2.73. The van der Waals surface area contributed by atoms with Crippen molar-refractivity contribution in [2.45, 2.75) is 19.4 Å². The average Bonchev–Trinajstić information content (AvgIpc) is 2.28. The van der Waals surface area contributed by atoms with E-state index < -0.39 is 5.60 Å². The van der Waals surface area contributed by atoms with E-state index in [1.165, 1.54) is 10.8 Å². The number of benzene rings is 2. The molecule has 0 atom stereocenters. The molecule has 78 valence electrons. The minimum Gasteiger partial charge on any atom is -0.294 e. The van der Waals surface area contributed by atoms with Gasteiger partial charge in [0, 0.05) is 0 Å². The Labute approximate surface area is 89.6 Å². The second-order valence-corrected chi connectivity index (χ2v) is 4.15. The zero-order chi connectivity index (χ0) is 10.9. The van der Waals surface area contributed by atoms with E-state index in [0.29, 0.717) is 0 Å². The summed E-state index contributed by atoms with van der Waals surface area (Å²) >= 11 is 0. The molecule has 0 aliphatic carbocycles. The van der Waals surface area contributed by atoms with E-state index in [0.717, 1.165) is 5.56 Å². The van der Waals surface area contributed by atoms with Crippen LogP contribution in [0.3, 0.4) is 0 Å². The lowest BCUT2D eigenvalue weighted by Crippen LogP contribution is -2.25. The van der Waals surface area contributed by atoms with E-state index in [-0.39, 0.29) is 0 Å². The molecule has 2 nitrogen and oxygen atoms in total. The minimum atomic E-state index is -0.457. The summed E-state index contributed by atoms with van der Waals surface area (Å²) in [7, 11) is 0. The van der Waals surface area contributed by atoms with E-state index >= 15 is 0 Å². The van der Waals surface area contributed by atoms with Gasteiger partial charge in [0.1, 0.15) is 5.60 Å². The fourth-order valence-corrected chi connectivity index (χ4v) is 1.81. The summed E-state index contributed by atoms with van der Waals surface area (Å²) in [5.41, 5.74) is 0.657. The molecule has 2 aromatic carbocycles. The molecule has 0 spiro atoms. The molecule has 0 aromatic heterocycles. The molecule has 0 bridgehead atoms. The Hall–Kier alpha value is -1.38. The van der Waals surface area contributed by atoms with Gasteiger partial charge in [0.2, 0.25) is 0 Å². The van der Waals surface area contributed by atoms with Crippen LogP contribution in [0.4, 0.5) is 0 Å². The molecule has 2 N–H and O–H groups in total. The minimum absolute atomic E-state index is 0.457. The molecule has 2 aromatic rings. The topological polar surface area (TPSA) is 35.2 Å². The average molecular weight is 201 g/mol. The quantitative estimate of drug-likeness (QED) is 0.758. The van der Waals surface area contributed by atoms with Gasteiger partial charge in [0.25, 0.3) is 0 Å². The second-order valence-electron chi connectivity index (χ2n) is 4.15. The SMILES string of the molecule is CC(C)(ON)c1cccc2ccccc12. The van der Waals surface area contributed by atoms with Gasteiger partial charge >= 0.3 is 0 Å². The molecule has 0 saturated heterocycles. The molecular weight excluding hydrogens is 186 g/mol. The molecule has 0 radical (unpaired) electrons. The highest BCUT2D eigenvalue weighted by atomic mass is 16.6. The molecule has 2 rings (SSSR count). The van der Waals surface area contributed by atoms with Crippen molar-refractivity contribution >= 4 is 10.8 Å². The van der Waals surface area contributed by atoms with Gasteiger partial charge in [-0.1, -0.05) is 42.5 Å². The van der Waals surface area contributed by atoms with Crippen molar-refractivity contribution in [3.8, 4) is 0 Å². The number of rotatable bonds is 2. The van der Waals surface area contributed by atoms with Gasteiger partial charge in [-0.05, 0) is 30.2 Å². The summed E-state index contributed by atoms with van der Waals surface area (Å²) in [6.45, 7) is 3.93. The molecular formula is C13H15NO. The van der Waals surface area contributed by atoms with Crippen LogP contribution in [-0.2, 0) is 10.4 Å². The molecule has 0 heterocycles. The van der Waals surface area contributed by atoms with Crippen LogP contribution in [0.25, 0.3) is 10.8 Å². The van der Waals surface area contributed by atoms with Gasteiger partial charge in [-0.25, -0.2) is 5.90 Å². The van der Waals surface area contributed by atoms with E-state index in [2.05, 4.69) is 24.3 Å². The third-order valence-corrected chi connectivity index (χ3v) is 2.73. The summed E-state index contributed by atoms with van der Waals surface area (Å²) in [6.07, 6.45) is 0. The van der Waals surface area contributed by atoms with Gasteiger partial charge in [-0.2, -0.15) is 0 Å². The van der Waals surface area contributed by atoms with Gasteiger partial charge < -0.3 is 0 Å². The maximum atomic E-state index is 5.33. The number of hydrogen-bond donors (Lipinski definition) is 1. The van der Waals surface area contributed by atoms with Crippen LogP contribution in [0.2, 0.25) is 0 Å². The lowest BCUT2D eigenvalue weighted by atomic mass is 9.92. The van der Waals surface area contributed by atoms with Crippen LogP contribution in [0.1, 0.15) is 19.4 Å². The highest BCUT2D eigenvalue weighted by molar-refractivity contribution is 5.86. The predicted molar refractivity (Wildman–Crippen MR) is 62.2 cm³/mol. The predicted octanol–water partition coefficient (Wildman–Crippen LogP) is 2.97. The van der Waals surface area contributed by atoms with Crippen LogP contribution >= 0.6 is 0 Å². The Morgan fingerprint density at radius 2 is 1.67 bits per heavy atom. The summed E-state index contributed by atoms with van der Waals surface area (Å²) in [5, 5.41) is 2.40. The van der Waals surface area contributed by atoms with Crippen molar-refractivity contribution in [3.05, 3.63) is 48.0 Å². The normalized spacial score (nSPS) is 11.9. The van der Waals surface area contributed by atoms with Gasteiger partial charge in [0.15, 0.2) is 0 Å². The first kappa shape index (κ1) is 10.1. The second kappa shape index (κ2) is 3.65. The van der Waals surface area contributed by atoms with Crippen LogP contribution in [0, 0.1) is 0 Å². The van der Waals surface area contributed by atoms with Crippen molar-refractivity contribution in [3.63, 3.8) is 0 Å². The summed E-state index contributed by atoms with van der Waals surface area (Å²) in [4.78, 5) is 5.03. The molecule has 0 amide bonds. The van der Waals surface area contributed by atoms with Gasteiger partial charge in [0.05, 0.1) is 0 Å². The highest BCUT2D eigenvalue weighted by Gasteiger charge is 2.22. The molecule has 2 heteroatoms. The molecule has 15 heavy (non-hydrogen) atoms. The van der Waals surface area contributed by atoms with E-state index in [9.17, 15) is 0 Å². The zero-order valence-electron chi connectivity index (χ0n) is 9.03. The molecule has 0 aliphatic rings. The molecule has 0 saturated carbocycles. The number of fused-ring (bicyclic) bond motifs is 1. The van der Waals surface area contributed by atoms with Crippen molar-refractivity contribution in [1.82, 2.24) is 0 Å². The summed E-state index contributed by atoms with van der Waals surface area (Å²) < 4.78 is 0. The smallest absolute Gasteiger partial charge is 0.109 e. The van der Waals surface area contributed by atoms with E-state index in [1.807, 2.05) is 32.0 Å². The maximum Gasteiger partial charge on any atom is 0.109 e. The number of hydrogen-bond acceptors (Lipinski definition) is 2. The lowest BCUT2D eigenvalue weighted by Gasteiger charge is -2.23. The fraction of sp³-hybridized carbons (Fsp3) is 0.231. The van der Waals surface area contributed by atoms with Gasteiger partial charge in [-0.3, -0.25) is 4.84 Å². The first-order valence-corrected chi connectivity index (χ1v) is 5.01. The summed E-state index contributed by atoms with van der Waals surface area (Å²) in [6, 6.07) is 14.4. The Kier molecular flexibility index (Phi) is 2.47. The van der Waals surface area contributed by atoms with Crippen molar-refractivity contribution in [1.29, 1.82) is 0 Å². The first-order chi connectivity index (χ1) is 7.15. The first-order valence-electron chi connectivity index (χ1n) is 5.01. The van der Waals surface area contributed by atoms with Crippen LogP contribution in [0.15, 0.2) is 42.5 Å². The fourth-order valence-electron chi connectivity index (χ4n) is 1.81. The highest BCUT2D eigenvalue weighted by Crippen LogP contribution is 2.29. The third kappa shape index (κ3) is 1.74. The van der Waals surface area contributed by atoms with Crippen molar-refractivity contribution in [2.75, 3.05) is 0 Å². The largest absolute Gasteiger partial charge is 0.294 e. The van der Waals surface area contributed by atoms with Crippen molar-refractivity contribution in [2.24, 2.45) is 5.90 Å². The van der Waals surface area contributed by atoms with Crippen LogP contribution < -0.4 is 5.90 Å². The molecule has 0 aliphatic heterocycles. The Morgan fingerprint density at radius 3 is 2.40 bits per heavy atom. The lowest BCUT2D eigenvalue weighted by molar-refractivity contribution is -0.0225. The van der Waals surface area contributed by atoms with Crippen LogP contribution in [-0.4, -0.2) is 0 Å². The Morgan fingerprint density at radius 1 is 1.00 bits per heavy atom. The van der Waals surface area contributed by atoms with Crippen LogP contribution in [0.5, 0.6) is 0 Å². The molecule has 0 unspecified atom stereocenters. The number of nitrogens with two attached hydrogens (primary N) is 1. The van der Waals surface area contributed by atoms with Crippen molar-refractivity contribution < 1.29 is 4.84 Å².